The molecule has 1 aliphatic rings. The van der Waals surface area contributed by atoms with Crippen LogP contribution in [0.1, 0.15) is 16.5 Å². The number of aryl methyl sites for hydroxylation is 1. The molecule has 0 radical (unpaired) electrons. The smallest absolute Gasteiger partial charge is 0.0594 e. The summed E-state index contributed by atoms with van der Waals surface area (Å²) in [5, 5.41) is 9.93. The van der Waals surface area contributed by atoms with Crippen molar-refractivity contribution >= 4 is 11.3 Å². The van der Waals surface area contributed by atoms with Crippen molar-refractivity contribution in [3.63, 3.8) is 0 Å². The van der Waals surface area contributed by atoms with Crippen molar-refractivity contribution in [3.8, 4) is 0 Å². The molecule has 1 N–H and O–H groups in total. The minimum atomic E-state index is 0.436. The fraction of sp³-hybridized carbons (Fsp3) is 0.533. The largest absolute Gasteiger partial charge is 0.379 e. The number of nitrogens with one attached hydrogen (secondary N) is 1. The van der Waals surface area contributed by atoms with Crippen LogP contribution in [0.2, 0.25) is 0 Å². The van der Waals surface area contributed by atoms with Gasteiger partial charge < -0.3 is 10.1 Å². The summed E-state index contributed by atoms with van der Waals surface area (Å²) in [6.07, 6.45) is 3.98. The van der Waals surface area contributed by atoms with Gasteiger partial charge in [-0.1, -0.05) is 6.07 Å². The van der Waals surface area contributed by atoms with Gasteiger partial charge in [0.15, 0.2) is 0 Å². The average molecular weight is 306 g/mol. The minimum Gasteiger partial charge on any atom is -0.379 e. The molecule has 2 aromatic rings. The third-order valence-corrected chi connectivity index (χ3v) is 4.76. The van der Waals surface area contributed by atoms with Gasteiger partial charge in [0.05, 0.1) is 25.5 Å². The van der Waals surface area contributed by atoms with Crippen LogP contribution in [0, 0.1) is 0 Å². The van der Waals surface area contributed by atoms with E-state index in [1.54, 1.807) is 0 Å². The summed E-state index contributed by atoms with van der Waals surface area (Å²) in [5.74, 6) is 0. The predicted molar refractivity (Wildman–Crippen MR) is 84.4 cm³/mol. The van der Waals surface area contributed by atoms with Gasteiger partial charge in [-0.15, -0.1) is 11.3 Å². The highest BCUT2D eigenvalue weighted by molar-refractivity contribution is 7.10. The Morgan fingerprint density at radius 3 is 2.95 bits per heavy atom. The van der Waals surface area contributed by atoms with Gasteiger partial charge in [-0.05, 0) is 11.4 Å². The molecule has 0 amide bonds. The number of thiophene rings is 1. The van der Waals surface area contributed by atoms with Gasteiger partial charge in [0.25, 0.3) is 0 Å². The quantitative estimate of drug-likeness (QED) is 0.881. The number of hydrogen-bond acceptors (Lipinski definition) is 5. The third-order valence-electron chi connectivity index (χ3n) is 3.78. The van der Waals surface area contributed by atoms with Crippen molar-refractivity contribution in [1.82, 2.24) is 20.0 Å². The van der Waals surface area contributed by atoms with Crippen LogP contribution in [0.25, 0.3) is 0 Å². The molecule has 0 aliphatic carbocycles. The van der Waals surface area contributed by atoms with E-state index in [2.05, 4.69) is 39.0 Å². The van der Waals surface area contributed by atoms with E-state index in [4.69, 9.17) is 4.74 Å². The first-order valence-corrected chi connectivity index (χ1v) is 8.24. The van der Waals surface area contributed by atoms with Crippen LogP contribution in [0.15, 0.2) is 29.9 Å². The summed E-state index contributed by atoms with van der Waals surface area (Å²) in [6, 6.07) is 4.80. The van der Waals surface area contributed by atoms with E-state index in [1.165, 1.54) is 10.4 Å². The van der Waals surface area contributed by atoms with Crippen molar-refractivity contribution in [3.05, 3.63) is 40.3 Å². The molecule has 0 spiro atoms. The maximum Gasteiger partial charge on any atom is 0.0594 e. The lowest BCUT2D eigenvalue weighted by Gasteiger charge is -2.34. The normalized spacial score (nSPS) is 18.0. The lowest BCUT2D eigenvalue weighted by Crippen LogP contribution is -2.42. The maximum absolute atomic E-state index is 5.47. The first kappa shape index (κ1) is 14.7. The Hall–Kier alpha value is -1.21. The van der Waals surface area contributed by atoms with Crippen molar-refractivity contribution in [2.45, 2.75) is 12.6 Å². The fourth-order valence-electron chi connectivity index (χ4n) is 2.70. The van der Waals surface area contributed by atoms with E-state index < -0.39 is 0 Å². The third kappa shape index (κ3) is 3.91. The van der Waals surface area contributed by atoms with Crippen LogP contribution in [-0.4, -0.2) is 47.5 Å². The summed E-state index contributed by atoms with van der Waals surface area (Å²) in [6.45, 7) is 5.51. The van der Waals surface area contributed by atoms with Gasteiger partial charge in [0.1, 0.15) is 0 Å². The van der Waals surface area contributed by atoms with E-state index in [9.17, 15) is 0 Å². The molecular weight excluding hydrogens is 284 g/mol. The van der Waals surface area contributed by atoms with E-state index >= 15 is 0 Å². The summed E-state index contributed by atoms with van der Waals surface area (Å²) in [4.78, 5) is 3.95. The van der Waals surface area contributed by atoms with Crippen LogP contribution in [0.3, 0.4) is 0 Å². The molecule has 5 nitrogen and oxygen atoms in total. The number of hydrogen-bond donors (Lipinski definition) is 1. The molecule has 1 saturated heterocycles. The van der Waals surface area contributed by atoms with Crippen LogP contribution < -0.4 is 5.32 Å². The Kier molecular flexibility index (Phi) is 5.03. The van der Waals surface area contributed by atoms with Gasteiger partial charge in [-0.3, -0.25) is 9.58 Å². The zero-order chi connectivity index (χ0) is 14.5. The summed E-state index contributed by atoms with van der Waals surface area (Å²) in [7, 11) is 1.95. The predicted octanol–water partition coefficient (Wildman–Crippen LogP) is 1.64. The lowest BCUT2D eigenvalue weighted by atomic mass is 10.2. The number of ether oxygens (including phenoxy) is 1. The molecular formula is C15H22N4OS. The molecule has 1 unspecified atom stereocenters. The standard InChI is InChI=1S/C15H22N4OS/c1-18-12-13(10-17-18)9-16-11-14(15-3-2-8-21-15)19-4-6-20-7-5-19/h2-3,8,10,12,14,16H,4-7,9,11H2,1H3. The van der Waals surface area contributed by atoms with Gasteiger partial charge in [-0.25, -0.2) is 0 Å². The minimum absolute atomic E-state index is 0.436. The van der Waals surface area contributed by atoms with Crippen LogP contribution in [0.5, 0.6) is 0 Å². The zero-order valence-corrected chi connectivity index (χ0v) is 13.2. The number of morpholine rings is 1. The fourth-order valence-corrected chi connectivity index (χ4v) is 3.56. The molecule has 3 heterocycles. The Morgan fingerprint density at radius 2 is 2.29 bits per heavy atom. The SMILES string of the molecule is Cn1cc(CNCC(c2cccs2)N2CCOCC2)cn1. The highest BCUT2D eigenvalue weighted by atomic mass is 32.1. The summed E-state index contributed by atoms with van der Waals surface area (Å²) < 4.78 is 7.32. The second-order valence-corrected chi connectivity index (χ2v) is 6.31. The molecule has 1 atom stereocenters. The molecule has 0 saturated carbocycles. The second-order valence-electron chi connectivity index (χ2n) is 5.33. The number of rotatable bonds is 6. The van der Waals surface area contributed by atoms with Gasteiger partial charge in [-0.2, -0.15) is 5.10 Å². The van der Waals surface area contributed by atoms with Gasteiger partial charge in [0, 0.05) is 49.9 Å². The Morgan fingerprint density at radius 1 is 1.43 bits per heavy atom. The van der Waals surface area contributed by atoms with Crippen molar-refractivity contribution in [2.24, 2.45) is 7.05 Å². The van der Waals surface area contributed by atoms with Crippen molar-refractivity contribution in [1.29, 1.82) is 0 Å². The molecule has 3 rings (SSSR count). The van der Waals surface area contributed by atoms with E-state index in [0.717, 1.165) is 39.4 Å². The molecule has 21 heavy (non-hydrogen) atoms. The molecule has 2 aromatic heterocycles. The highest BCUT2D eigenvalue weighted by Gasteiger charge is 2.22. The Labute approximate surface area is 129 Å². The Bertz CT molecular complexity index is 534. The summed E-state index contributed by atoms with van der Waals surface area (Å²) in [5.41, 5.74) is 1.23. The van der Waals surface area contributed by atoms with E-state index in [-0.39, 0.29) is 0 Å². The molecule has 0 aromatic carbocycles. The molecule has 6 heteroatoms. The first-order chi connectivity index (χ1) is 10.3. The zero-order valence-electron chi connectivity index (χ0n) is 12.4. The number of nitrogens with zero attached hydrogens (tertiary/aromatic N) is 3. The van der Waals surface area contributed by atoms with Crippen LogP contribution >= 0.6 is 11.3 Å². The Balaban J connectivity index is 1.59. The molecule has 1 fully saturated rings. The second kappa shape index (κ2) is 7.17. The van der Waals surface area contributed by atoms with E-state index in [0.29, 0.717) is 6.04 Å². The molecule has 114 valence electrons. The van der Waals surface area contributed by atoms with Crippen LogP contribution in [-0.2, 0) is 18.3 Å². The van der Waals surface area contributed by atoms with Crippen molar-refractivity contribution in [2.75, 3.05) is 32.8 Å². The van der Waals surface area contributed by atoms with Crippen LogP contribution in [0.4, 0.5) is 0 Å². The average Bonchev–Trinajstić information content (AvgIpc) is 3.16. The monoisotopic (exact) mass is 306 g/mol. The number of aromatic nitrogens is 2. The van der Waals surface area contributed by atoms with Gasteiger partial charge in [0.2, 0.25) is 0 Å². The molecule has 0 bridgehead atoms. The van der Waals surface area contributed by atoms with E-state index in [1.807, 2.05) is 29.3 Å². The highest BCUT2D eigenvalue weighted by Crippen LogP contribution is 2.25. The first-order valence-electron chi connectivity index (χ1n) is 7.36. The summed E-state index contributed by atoms with van der Waals surface area (Å²) >= 11 is 1.84. The lowest BCUT2D eigenvalue weighted by molar-refractivity contribution is 0.0168. The topological polar surface area (TPSA) is 42.3 Å². The van der Waals surface area contributed by atoms with Crippen molar-refractivity contribution < 1.29 is 4.74 Å². The molecule has 1 aliphatic heterocycles. The maximum atomic E-state index is 5.47. The van der Waals surface area contributed by atoms with Gasteiger partial charge >= 0.3 is 0 Å².